The zero-order valence-electron chi connectivity index (χ0n) is 10.5. The maximum absolute atomic E-state index is 4.38. The first kappa shape index (κ1) is 11.9. The second kappa shape index (κ2) is 5.14. The average molecular weight is 233 g/mol. The number of imidazole rings is 2. The van der Waals surface area contributed by atoms with Crippen LogP contribution in [0.2, 0.25) is 0 Å². The van der Waals surface area contributed by atoms with Crippen molar-refractivity contribution in [1.29, 1.82) is 0 Å². The lowest BCUT2D eigenvalue weighted by Crippen LogP contribution is -2.21. The molecule has 1 unspecified atom stereocenters. The van der Waals surface area contributed by atoms with E-state index < -0.39 is 0 Å². The molecule has 2 aromatic rings. The monoisotopic (exact) mass is 233 g/mol. The van der Waals surface area contributed by atoms with Gasteiger partial charge in [0, 0.05) is 31.2 Å². The summed E-state index contributed by atoms with van der Waals surface area (Å²) in [4.78, 5) is 11.8. The maximum Gasteiger partial charge on any atom is 0.128 e. The van der Waals surface area contributed by atoms with E-state index in [9.17, 15) is 0 Å². The standard InChI is InChI=1S/C12H19N5/c1-9(2)15-6-11-7-17(8-16-11)10(3)12-13-4-5-14-12/h4-5,7-10,15H,6H2,1-3H3,(H,13,14). The molecule has 0 amide bonds. The topological polar surface area (TPSA) is 58.5 Å². The summed E-state index contributed by atoms with van der Waals surface area (Å²) in [7, 11) is 0. The van der Waals surface area contributed by atoms with Crippen LogP contribution in [0.1, 0.15) is 38.3 Å². The zero-order valence-corrected chi connectivity index (χ0v) is 10.5. The van der Waals surface area contributed by atoms with E-state index in [2.05, 4.69) is 51.8 Å². The van der Waals surface area contributed by atoms with Crippen molar-refractivity contribution in [1.82, 2.24) is 24.8 Å². The summed E-state index contributed by atoms with van der Waals surface area (Å²) >= 11 is 0. The molecule has 0 saturated heterocycles. The molecule has 0 aliphatic heterocycles. The first-order valence-corrected chi connectivity index (χ1v) is 5.92. The van der Waals surface area contributed by atoms with Gasteiger partial charge < -0.3 is 14.9 Å². The second-order valence-electron chi connectivity index (χ2n) is 4.50. The first-order chi connectivity index (χ1) is 8.16. The highest BCUT2D eigenvalue weighted by atomic mass is 15.1. The summed E-state index contributed by atoms with van der Waals surface area (Å²) in [6.07, 6.45) is 7.51. The Labute approximate surface area is 101 Å². The molecule has 5 heteroatoms. The molecule has 0 aliphatic rings. The van der Waals surface area contributed by atoms with Crippen molar-refractivity contribution in [3.8, 4) is 0 Å². The van der Waals surface area contributed by atoms with Gasteiger partial charge in [0.15, 0.2) is 0 Å². The molecule has 0 radical (unpaired) electrons. The van der Waals surface area contributed by atoms with Gasteiger partial charge in [-0.2, -0.15) is 0 Å². The van der Waals surface area contributed by atoms with Crippen LogP contribution in [0.5, 0.6) is 0 Å². The lowest BCUT2D eigenvalue weighted by atomic mass is 10.3. The third kappa shape index (κ3) is 2.94. The summed E-state index contributed by atoms with van der Waals surface area (Å²) in [5.41, 5.74) is 1.05. The Bertz CT molecular complexity index is 443. The minimum atomic E-state index is 0.185. The zero-order chi connectivity index (χ0) is 12.3. The Balaban J connectivity index is 2.03. The Morgan fingerprint density at radius 3 is 2.82 bits per heavy atom. The number of H-pyrrole nitrogens is 1. The average Bonchev–Trinajstić information content (AvgIpc) is 2.97. The molecule has 0 fully saturated rings. The van der Waals surface area contributed by atoms with Crippen LogP contribution in [-0.2, 0) is 6.54 Å². The van der Waals surface area contributed by atoms with E-state index in [-0.39, 0.29) is 6.04 Å². The molecule has 2 N–H and O–H groups in total. The molecule has 0 bridgehead atoms. The summed E-state index contributed by atoms with van der Waals surface area (Å²) in [5, 5.41) is 3.35. The van der Waals surface area contributed by atoms with Gasteiger partial charge in [0.1, 0.15) is 5.82 Å². The summed E-state index contributed by atoms with van der Waals surface area (Å²) in [6, 6.07) is 0.660. The second-order valence-corrected chi connectivity index (χ2v) is 4.50. The highest BCUT2D eigenvalue weighted by Crippen LogP contribution is 2.13. The number of hydrogen-bond acceptors (Lipinski definition) is 3. The Kier molecular flexibility index (Phi) is 3.58. The first-order valence-electron chi connectivity index (χ1n) is 5.92. The van der Waals surface area contributed by atoms with Crippen molar-refractivity contribution in [2.75, 3.05) is 0 Å². The molecular weight excluding hydrogens is 214 g/mol. The molecule has 1 atom stereocenters. The van der Waals surface area contributed by atoms with E-state index in [1.54, 1.807) is 6.20 Å². The van der Waals surface area contributed by atoms with Gasteiger partial charge in [-0.3, -0.25) is 0 Å². The molecular formula is C12H19N5. The predicted octanol–water partition coefficient (Wildman–Crippen LogP) is 1.71. The molecule has 92 valence electrons. The number of aromatic amines is 1. The van der Waals surface area contributed by atoms with Crippen molar-refractivity contribution in [2.45, 2.75) is 39.4 Å². The quantitative estimate of drug-likeness (QED) is 0.826. The van der Waals surface area contributed by atoms with E-state index >= 15 is 0 Å². The Morgan fingerprint density at radius 1 is 1.35 bits per heavy atom. The third-order valence-corrected chi connectivity index (χ3v) is 2.71. The molecule has 0 aromatic carbocycles. The van der Waals surface area contributed by atoms with Gasteiger partial charge in [-0.1, -0.05) is 13.8 Å². The van der Waals surface area contributed by atoms with Crippen molar-refractivity contribution >= 4 is 0 Å². The summed E-state index contributed by atoms with van der Waals surface area (Å²) < 4.78 is 2.07. The lowest BCUT2D eigenvalue weighted by Gasteiger charge is -2.09. The van der Waals surface area contributed by atoms with E-state index in [1.807, 2.05) is 12.5 Å². The van der Waals surface area contributed by atoms with Gasteiger partial charge in [-0.15, -0.1) is 0 Å². The molecule has 2 rings (SSSR count). The normalized spacial score (nSPS) is 13.2. The fourth-order valence-corrected chi connectivity index (χ4v) is 1.64. The van der Waals surface area contributed by atoms with Crippen LogP contribution in [0.25, 0.3) is 0 Å². The van der Waals surface area contributed by atoms with Gasteiger partial charge >= 0.3 is 0 Å². The van der Waals surface area contributed by atoms with Gasteiger partial charge in [0.25, 0.3) is 0 Å². The molecule has 0 spiro atoms. The number of nitrogens with zero attached hydrogens (tertiary/aromatic N) is 3. The van der Waals surface area contributed by atoms with Crippen molar-refractivity contribution in [3.05, 3.63) is 36.4 Å². The smallest absolute Gasteiger partial charge is 0.128 e. The highest BCUT2D eigenvalue weighted by molar-refractivity contribution is 5.03. The van der Waals surface area contributed by atoms with E-state index in [0.29, 0.717) is 6.04 Å². The van der Waals surface area contributed by atoms with E-state index in [1.165, 1.54) is 0 Å². The van der Waals surface area contributed by atoms with Crippen molar-refractivity contribution in [2.24, 2.45) is 0 Å². The number of hydrogen-bond donors (Lipinski definition) is 2. The number of nitrogens with one attached hydrogen (secondary N) is 2. The molecule has 0 aliphatic carbocycles. The van der Waals surface area contributed by atoms with Crippen molar-refractivity contribution in [3.63, 3.8) is 0 Å². The van der Waals surface area contributed by atoms with E-state index in [0.717, 1.165) is 18.1 Å². The third-order valence-electron chi connectivity index (χ3n) is 2.71. The number of rotatable bonds is 5. The van der Waals surface area contributed by atoms with Crippen molar-refractivity contribution < 1.29 is 0 Å². The molecule has 17 heavy (non-hydrogen) atoms. The molecule has 2 heterocycles. The predicted molar refractivity (Wildman–Crippen MR) is 66.6 cm³/mol. The van der Waals surface area contributed by atoms with Crippen LogP contribution < -0.4 is 5.32 Å². The fraction of sp³-hybridized carbons (Fsp3) is 0.500. The fourth-order valence-electron chi connectivity index (χ4n) is 1.64. The lowest BCUT2D eigenvalue weighted by molar-refractivity contribution is 0.579. The van der Waals surface area contributed by atoms with Gasteiger partial charge in [0.2, 0.25) is 0 Å². The Hall–Kier alpha value is -1.62. The largest absolute Gasteiger partial charge is 0.347 e. The SMILES string of the molecule is CC(C)NCc1cn(C(C)c2ncc[nH]2)cn1. The summed E-state index contributed by atoms with van der Waals surface area (Å²) in [5.74, 6) is 0.950. The molecule has 0 saturated carbocycles. The van der Waals surface area contributed by atoms with Crippen LogP contribution in [0.3, 0.4) is 0 Å². The van der Waals surface area contributed by atoms with Crippen LogP contribution in [0.4, 0.5) is 0 Å². The van der Waals surface area contributed by atoms with Crippen LogP contribution in [0, 0.1) is 0 Å². The summed E-state index contributed by atoms with van der Waals surface area (Å²) in [6.45, 7) is 7.15. The van der Waals surface area contributed by atoms with Gasteiger partial charge in [-0.05, 0) is 6.92 Å². The molecule has 2 aromatic heterocycles. The minimum absolute atomic E-state index is 0.185. The highest BCUT2D eigenvalue weighted by Gasteiger charge is 2.10. The number of aromatic nitrogens is 4. The van der Waals surface area contributed by atoms with E-state index in [4.69, 9.17) is 0 Å². The van der Waals surface area contributed by atoms with Crippen LogP contribution >= 0.6 is 0 Å². The van der Waals surface area contributed by atoms with Gasteiger partial charge in [0.05, 0.1) is 18.1 Å². The Morgan fingerprint density at radius 2 is 2.18 bits per heavy atom. The van der Waals surface area contributed by atoms with Crippen LogP contribution in [-0.4, -0.2) is 25.6 Å². The minimum Gasteiger partial charge on any atom is -0.347 e. The maximum atomic E-state index is 4.38. The molecule has 5 nitrogen and oxygen atoms in total. The van der Waals surface area contributed by atoms with Gasteiger partial charge in [-0.25, -0.2) is 9.97 Å². The van der Waals surface area contributed by atoms with Crippen LogP contribution in [0.15, 0.2) is 24.9 Å².